The van der Waals surface area contributed by atoms with Crippen LogP contribution in [0.25, 0.3) is 22.1 Å². The van der Waals surface area contributed by atoms with E-state index in [4.69, 9.17) is 4.52 Å². The molecule has 2 amide bonds. The van der Waals surface area contributed by atoms with Crippen LogP contribution >= 0.6 is 0 Å². The van der Waals surface area contributed by atoms with Crippen molar-refractivity contribution in [2.45, 2.75) is 24.9 Å². The molecule has 0 unspecified atom stereocenters. The van der Waals surface area contributed by atoms with Crippen LogP contribution in [0.4, 0.5) is 41.3 Å². The van der Waals surface area contributed by atoms with E-state index in [1.165, 1.54) is 6.92 Å². The second-order valence-corrected chi connectivity index (χ2v) is 10.5. The van der Waals surface area contributed by atoms with Gasteiger partial charge in [0, 0.05) is 30.3 Å². The minimum Gasteiger partial charge on any atom is -0.354 e. The van der Waals surface area contributed by atoms with Gasteiger partial charge < -0.3 is 9.42 Å². The molecular weight excluding hydrogens is 537 g/mol. The van der Waals surface area contributed by atoms with Crippen molar-refractivity contribution in [1.29, 1.82) is 0 Å². The summed E-state index contributed by atoms with van der Waals surface area (Å²) in [5.41, 5.74) is -2.87. The van der Waals surface area contributed by atoms with E-state index in [9.17, 15) is 35.2 Å². The summed E-state index contributed by atoms with van der Waals surface area (Å²) in [5.74, 6) is -12.8. The molecule has 8 nitrogen and oxygen atoms in total. The number of hydrogen-bond donors (Lipinski definition) is 1. The van der Waals surface area contributed by atoms with E-state index in [0.29, 0.717) is 15.9 Å². The van der Waals surface area contributed by atoms with E-state index in [-0.39, 0.29) is 12.1 Å². The monoisotopic (exact) mass is 552 g/mol. The molecule has 1 aromatic heterocycles. The van der Waals surface area contributed by atoms with E-state index in [2.05, 4.69) is 5.16 Å². The Morgan fingerprint density at radius 3 is 2.30 bits per heavy atom. The van der Waals surface area contributed by atoms with Gasteiger partial charge in [0.25, 0.3) is 5.92 Å². The SMILES string of the molecule is CCS(=O)(=O)N[C@@H]1CN2C(=O)N(c3noc4cc(F)c(F)c(-c5c(F)cc(F)cc5F)c34)C[C@@H]2C1(F)F. The molecule has 37 heavy (non-hydrogen) atoms. The number of nitrogens with one attached hydrogen (secondary N) is 1. The highest BCUT2D eigenvalue weighted by Gasteiger charge is 2.63. The number of sulfonamides is 1. The summed E-state index contributed by atoms with van der Waals surface area (Å²) < 4.78 is 132. The van der Waals surface area contributed by atoms with Gasteiger partial charge in [0.05, 0.1) is 23.2 Å². The van der Waals surface area contributed by atoms with Crippen molar-refractivity contribution in [1.82, 2.24) is 14.8 Å². The third kappa shape index (κ3) is 3.80. The number of fused-ring (bicyclic) bond motifs is 2. The number of benzene rings is 2. The zero-order valence-corrected chi connectivity index (χ0v) is 19.4. The topological polar surface area (TPSA) is 95.8 Å². The molecular formula is C21H15F7N4O4S. The molecule has 2 atom stereocenters. The summed E-state index contributed by atoms with van der Waals surface area (Å²) in [7, 11) is -4.05. The summed E-state index contributed by atoms with van der Waals surface area (Å²) in [6, 6.07) is -3.98. The first-order valence-corrected chi connectivity index (χ1v) is 12.3. The summed E-state index contributed by atoms with van der Waals surface area (Å²) in [4.78, 5) is 14.4. The Kier molecular flexibility index (Phi) is 5.67. The smallest absolute Gasteiger partial charge is 0.326 e. The third-order valence-corrected chi connectivity index (χ3v) is 7.75. The molecule has 3 heterocycles. The first-order chi connectivity index (χ1) is 17.3. The number of nitrogens with zero attached hydrogens (tertiary/aromatic N) is 3. The van der Waals surface area contributed by atoms with Gasteiger partial charge in [0.15, 0.2) is 23.0 Å². The molecule has 2 fully saturated rings. The van der Waals surface area contributed by atoms with Crippen LogP contribution in [0, 0.1) is 29.1 Å². The van der Waals surface area contributed by atoms with Crippen molar-refractivity contribution in [3.63, 3.8) is 0 Å². The minimum atomic E-state index is -4.05. The number of carbonyl (C=O) groups is 1. The number of halogens is 7. The Morgan fingerprint density at radius 2 is 1.70 bits per heavy atom. The zero-order chi connectivity index (χ0) is 27.0. The molecule has 0 bridgehead atoms. The molecule has 2 aliphatic heterocycles. The summed E-state index contributed by atoms with van der Waals surface area (Å²) in [6.45, 7) is -0.283. The molecule has 198 valence electrons. The van der Waals surface area contributed by atoms with E-state index in [1.807, 2.05) is 4.72 Å². The van der Waals surface area contributed by atoms with Gasteiger partial charge in [0.2, 0.25) is 10.0 Å². The lowest BCUT2D eigenvalue weighted by atomic mass is 9.98. The molecule has 2 aromatic carbocycles. The van der Waals surface area contributed by atoms with Gasteiger partial charge in [-0.05, 0) is 6.92 Å². The number of aromatic nitrogens is 1. The van der Waals surface area contributed by atoms with Crippen LogP contribution in [0.15, 0.2) is 22.7 Å². The molecule has 2 saturated heterocycles. The number of amides is 2. The molecule has 0 saturated carbocycles. The molecule has 2 aliphatic rings. The highest BCUT2D eigenvalue weighted by molar-refractivity contribution is 7.89. The average Bonchev–Trinajstić information content (AvgIpc) is 3.42. The minimum absolute atomic E-state index is 0.219. The molecule has 3 aromatic rings. The van der Waals surface area contributed by atoms with Crippen LogP contribution in [0.3, 0.4) is 0 Å². The van der Waals surface area contributed by atoms with Gasteiger partial charge in [-0.2, -0.15) is 0 Å². The Morgan fingerprint density at radius 1 is 1.05 bits per heavy atom. The molecule has 16 heteroatoms. The van der Waals surface area contributed by atoms with E-state index < -0.39 is 110 Å². The maximum atomic E-state index is 15.1. The Bertz CT molecular complexity index is 1540. The fourth-order valence-electron chi connectivity index (χ4n) is 4.55. The van der Waals surface area contributed by atoms with Crippen LogP contribution in [0.2, 0.25) is 0 Å². The second kappa shape index (κ2) is 8.31. The van der Waals surface area contributed by atoms with Crippen LogP contribution < -0.4 is 9.62 Å². The second-order valence-electron chi connectivity index (χ2n) is 8.48. The Hall–Kier alpha value is -3.40. The van der Waals surface area contributed by atoms with Crippen molar-refractivity contribution < 1.29 is 48.5 Å². The van der Waals surface area contributed by atoms with Crippen molar-refractivity contribution in [3.05, 3.63) is 47.3 Å². The van der Waals surface area contributed by atoms with Gasteiger partial charge in [0.1, 0.15) is 29.5 Å². The van der Waals surface area contributed by atoms with Gasteiger partial charge in [-0.3, -0.25) is 4.90 Å². The van der Waals surface area contributed by atoms with Gasteiger partial charge in [-0.1, -0.05) is 5.16 Å². The Labute approximate surface area is 203 Å². The van der Waals surface area contributed by atoms with Crippen molar-refractivity contribution >= 4 is 32.8 Å². The lowest BCUT2D eigenvalue weighted by Crippen LogP contribution is -2.51. The lowest BCUT2D eigenvalue weighted by molar-refractivity contribution is -0.0324. The molecule has 0 aliphatic carbocycles. The van der Waals surface area contributed by atoms with Crippen LogP contribution in [0.1, 0.15) is 6.92 Å². The fraction of sp³-hybridized carbons (Fsp3) is 0.333. The highest BCUT2D eigenvalue weighted by Crippen LogP contribution is 2.45. The molecule has 0 radical (unpaired) electrons. The van der Waals surface area contributed by atoms with Crippen molar-refractivity contribution in [3.8, 4) is 11.1 Å². The fourth-order valence-corrected chi connectivity index (χ4v) is 5.38. The maximum Gasteiger partial charge on any atom is 0.326 e. The number of rotatable bonds is 5. The normalized spacial score (nSPS) is 21.4. The number of anilines is 1. The molecule has 5 rings (SSSR count). The van der Waals surface area contributed by atoms with Gasteiger partial charge in [-0.25, -0.2) is 48.7 Å². The van der Waals surface area contributed by atoms with E-state index in [1.54, 1.807) is 0 Å². The van der Waals surface area contributed by atoms with Crippen LogP contribution in [-0.2, 0) is 10.0 Å². The zero-order valence-electron chi connectivity index (χ0n) is 18.5. The number of hydrogen-bond acceptors (Lipinski definition) is 5. The largest absolute Gasteiger partial charge is 0.354 e. The number of alkyl halides is 2. The van der Waals surface area contributed by atoms with Crippen LogP contribution in [-0.4, -0.2) is 61.4 Å². The average molecular weight is 552 g/mol. The standard InChI is InChI=1S/C21H15F7N4O4S/c1-2-37(34,35)30-13-6-31-14(21(13,27)28)7-32(20(31)33)19-16-12(36-29-19)5-11(25)18(26)17(16)15-9(23)3-8(22)4-10(15)24/h3-5,13-14,30H,2,6-7H2,1H3/t13-,14-/m1/s1. The Balaban J connectivity index is 1.61. The summed E-state index contributed by atoms with van der Waals surface area (Å²) in [6.07, 6.45) is 0. The van der Waals surface area contributed by atoms with Crippen LogP contribution in [0.5, 0.6) is 0 Å². The van der Waals surface area contributed by atoms with E-state index >= 15 is 8.78 Å². The predicted molar refractivity (Wildman–Crippen MR) is 114 cm³/mol. The molecule has 1 N–H and O–H groups in total. The quantitative estimate of drug-likeness (QED) is 0.487. The van der Waals surface area contributed by atoms with Crippen molar-refractivity contribution in [2.24, 2.45) is 0 Å². The predicted octanol–water partition coefficient (Wildman–Crippen LogP) is 3.76. The molecule has 0 spiro atoms. The number of carbonyl (C=O) groups excluding carboxylic acids is 1. The third-order valence-electron chi connectivity index (χ3n) is 6.35. The van der Waals surface area contributed by atoms with E-state index in [0.717, 1.165) is 0 Å². The van der Waals surface area contributed by atoms with Crippen molar-refractivity contribution in [2.75, 3.05) is 23.7 Å². The summed E-state index contributed by atoms with van der Waals surface area (Å²) >= 11 is 0. The summed E-state index contributed by atoms with van der Waals surface area (Å²) in [5, 5.41) is 2.91. The first-order valence-electron chi connectivity index (χ1n) is 10.6. The highest BCUT2D eigenvalue weighted by atomic mass is 32.2. The maximum absolute atomic E-state index is 15.1. The number of urea groups is 1. The lowest BCUT2D eigenvalue weighted by Gasteiger charge is -2.23. The van der Waals surface area contributed by atoms with Gasteiger partial charge >= 0.3 is 6.03 Å². The first kappa shape index (κ1) is 25.3. The van der Waals surface area contributed by atoms with Gasteiger partial charge in [-0.15, -0.1) is 0 Å².